The highest BCUT2D eigenvalue weighted by Crippen LogP contribution is 2.18. The predicted molar refractivity (Wildman–Crippen MR) is 124 cm³/mol. The second kappa shape index (κ2) is 10.4. The molecular weight excluding hydrogens is 404 g/mol. The van der Waals surface area contributed by atoms with Gasteiger partial charge in [-0.3, -0.25) is 9.59 Å². The molecule has 0 bridgehead atoms. The van der Waals surface area contributed by atoms with Gasteiger partial charge in [0, 0.05) is 5.56 Å². The number of esters is 1. The van der Waals surface area contributed by atoms with Crippen LogP contribution in [0.5, 0.6) is 0 Å². The van der Waals surface area contributed by atoms with Crippen molar-refractivity contribution in [3.8, 4) is 0 Å². The van der Waals surface area contributed by atoms with Gasteiger partial charge in [0.2, 0.25) is 0 Å². The van der Waals surface area contributed by atoms with Crippen LogP contribution in [0.15, 0.2) is 72.8 Å². The molecule has 1 unspecified atom stereocenters. The predicted octanol–water partition coefficient (Wildman–Crippen LogP) is 4.59. The van der Waals surface area contributed by atoms with Crippen molar-refractivity contribution in [3.05, 3.63) is 101 Å². The lowest BCUT2D eigenvalue weighted by Gasteiger charge is -2.16. The average Bonchev–Trinajstić information content (AvgIpc) is 2.80. The average molecular weight is 431 g/mol. The molecule has 3 aromatic carbocycles. The molecule has 6 heteroatoms. The lowest BCUT2D eigenvalue weighted by molar-refractivity contribution is -0.124. The van der Waals surface area contributed by atoms with Crippen LogP contribution < -0.4 is 10.6 Å². The number of para-hydroxylation sites is 1. The number of benzene rings is 3. The van der Waals surface area contributed by atoms with Crippen molar-refractivity contribution in [2.45, 2.75) is 26.8 Å². The number of nitrogens with one attached hydrogen (secondary N) is 2. The van der Waals surface area contributed by atoms with E-state index in [0.717, 1.165) is 11.1 Å². The zero-order valence-corrected chi connectivity index (χ0v) is 18.3. The van der Waals surface area contributed by atoms with Crippen molar-refractivity contribution in [2.75, 3.05) is 11.9 Å². The van der Waals surface area contributed by atoms with Gasteiger partial charge in [0.25, 0.3) is 11.8 Å². The first-order valence-electron chi connectivity index (χ1n) is 10.3. The summed E-state index contributed by atoms with van der Waals surface area (Å²) in [5.74, 6) is -1.44. The van der Waals surface area contributed by atoms with Gasteiger partial charge in [0.05, 0.1) is 17.3 Å². The highest BCUT2D eigenvalue weighted by molar-refractivity contribution is 6.08. The van der Waals surface area contributed by atoms with Crippen molar-refractivity contribution >= 4 is 23.5 Å². The summed E-state index contributed by atoms with van der Waals surface area (Å²) in [7, 11) is 0. The van der Waals surface area contributed by atoms with Crippen molar-refractivity contribution in [1.82, 2.24) is 5.32 Å². The van der Waals surface area contributed by atoms with Crippen LogP contribution in [0.1, 0.15) is 50.4 Å². The summed E-state index contributed by atoms with van der Waals surface area (Å²) >= 11 is 0. The van der Waals surface area contributed by atoms with Crippen LogP contribution in [0.4, 0.5) is 5.69 Å². The van der Waals surface area contributed by atoms with E-state index < -0.39 is 18.5 Å². The van der Waals surface area contributed by atoms with E-state index in [9.17, 15) is 14.4 Å². The Morgan fingerprint density at radius 1 is 0.875 bits per heavy atom. The maximum atomic E-state index is 12.6. The van der Waals surface area contributed by atoms with Gasteiger partial charge in [0.1, 0.15) is 0 Å². The van der Waals surface area contributed by atoms with E-state index in [4.69, 9.17) is 4.74 Å². The van der Waals surface area contributed by atoms with Gasteiger partial charge in [-0.1, -0.05) is 48.5 Å². The normalized spacial score (nSPS) is 11.3. The number of carbonyl (C=O) groups is 3. The van der Waals surface area contributed by atoms with E-state index in [-0.39, 0.29) is 17.5 Å². The van der Waals surface area contributed by atoms with Gasteiger partial charge in [-0.15, -0.1) is 0 Å². The molecule has 0 radical (unpaired) electrons. The van der Waals surface area contributed by atoms with Gasteiger partial charge >= 0.3 is 5.97 Å². The molecule has 0 saturated heterocycles. The minimum atomic E-state index is -0.692. The van der Waals surface area contributed by atoms with Gasteiger partial charge in [-0.05, 0) is 61.7 Å². The number of amides is 2. The Morgan fingerprint density at radius 3 is 2.28 bits per heavy atom. The third kappa shape index (κ3) is 5.82. The Kier molecular flexibility index (Phi) is 7.39. The first kappa shape index (κ1) is 22.7. The number of anilines is 1. The van der Waals surface area contributed by atoms with Crippen LogP contribution in [0.25, 0.3) is 0 Å². The third-order valence-electron chi connectivity index (χ3n) is 5.17. The SMILES string of the molecule is Cc1ccc(C(C)NC(=O)COC(=O)c2ccccc2NC(=O)c2ccccc2)cc1C. The van der Waals surface area contributed by atoms with Gasteiger partial charge < -0.3 is 15.4 Å². The molecule has 1 atom stereocenters. The highest BCUT2D eigenvalue weighted by Gasteiger charge is 2.17. The zero-order chi connectivity index (χ0) is 23.1. The topological polar surface area (TPSA) is 84.5 Å². The minimum Gasteiger partial charge on any atom is -0.452 e. The third-order valence-corrected chi connectivity index (χ3v) is 5.17. The summed E-state index contributed by atoms with van der Waals surface area (Å²) < 4.78 is 5.20. The molecular formula is C26H26N2O4. The van der Waals surface area contributed by atoms with E-state index in [1.165, 1.54) is 5.56 Å². The summed E-state index contributed by atoms with van der Waals surface area (Å²) in [6.07, 6.45) is 0. The molecule has 0 fully saturated rings. The number of aryl methyl sites for hydroxylation is 2. The Labute approximate surface area is 187 Å². The van der Waals surface area contributed by atoms with E-state index in [0.29, 0.717) is 11.3 Å². The number of rotatable bonds is 7. The van der Waals surface area contributed by atoms with Gasteiger partial charge in [-0.25, -0.2) is 4.79 Å². The maximum Gasteiger partial charge on any atom is 0.340 e. The summed E-state index contributed by atoms with van der Waals surface area (Å²) in [6, 6.07) is 21.0. The van der Waals surface area contributed by atoms with Gasteiger partial charge in [0.15, 0.2) is 6.61 Å². The smallest absolute Gasteiger partial charge is 0.340 e. The fraction of sp³-hybridized carbons (Fsp3) is 0.192. The van der Waals surface area contributed by atoms with Crippen LogP contribution >= 0.6 is 0 Å². The van der Waals surface area contributed by atoms with E-state index in [1.54, 1.807) is 48.5 Å². The summed E-state index contributed by atoms with van der Waals surface area (Å²) in [5.41, 5.74) is 4.25. The lowest BCUT2D eigenvalue weighted by Crippen LogP contribution is -2.31. The summed E-state index contributed by atoms with van der Waals surface area (Å²) in [4.78, 5) is 37.3. The zero-order valence-electron chi connectivity index (χ0n) is 18.3. The van der Waals surface area contributed by atoms with E-state index in [2.05, 4.69) is 10.6 Å². The van der Waals surface area contributed by atoms with E-state index >= 15 is 0 Å². The standard InChI is InChI=1S/C26H26N2O4/c1-17-13-14-21(15-18(17)2)19(3)27-24(29)16-32-26(31)22-11-7-8-12-23(22)28-25(30)20-9-5-4-6-10-20/h4-15,19H,16H2,1-3H3,(H,27,29)(H,28,30). The summed E-state index contributed by atoms with van der Waals surface area (Å²) in [5, 5.41) is 5.55. The molecule has 0 heterocycles. The second-order valence-electron chi connectivity index (χ2n) is 7.57. The monoisotopic (exact) mass is 430 g/mol. The van der Waals surface area contributed by atoms with Crippen molar-refractivity contribution in [1.29, 1.82) is 0 Å². The van der Waals surface area contributed by atoms with Crippen LogP contribution in [0, 0.1) is 13.8 Å². The minimum absolute atomic E-state index is 0.173. The second-order valence-corrected chi connectivity index (χ2v) is 7.57. The molecule has 0 aliphatic rings. The molecule has 2 N–H and O–H groups in total. The van der Waals surface area contributed by atoms with Crippen molar-refractivity contribution < 1.29 is 19.1 Å². The van der Waals surface area contributed by atoms with Crippen LogP contribution in [-0.2, 0) is 9.53 Å². The van der Waals surface area contributed by atoms with Crippen molar-refractivity contribution in [3.63, 3.8) is 0 Å². The Bertz CT molecular complexity index is 1130. The first-order valence-corrected chi connectivity index (χ1v) is 10.3. The Balaban J connectivity index is 1.59. The van der Waals surface area contributed by atoms with Crippen molar-refractivity contribution in [2.24, 2.45) is 0 Å². The Morgan fingerprint density at radius 2 is 1.56 bits per heavy atom. The fourth-order valence-electron chi connectivity index (χ4n) is 3.16. The quantitative estimate of drug-likeness (QED) is 0.537. The van der Waals surface area contributed by atoms with Crippen LogP contribution in [-0.4, -0.2) is 24.4 Å². The molecule has 3 rings (SSSR count). The molecule has 0 saturated carbocycles. The maximum absolute atomic E-state index is 12.6. The molecule has 0 spiro atoms. The molecule has 0 aliphatic heterocycles. The molecule has 3 aromatic rings. The van der Waals surface area contributed by atoms with E-state index in [1.807, 2.05) is 45.0 Å². The number of ether oxygens (including phenoxy) is 1. The number of hydrogen-bond donors (Lipinski definition) is 2. The van der Waals surface area contributed by atoms with Gasteiger partial charge in [-0.2, -0.15) is 0 Å². The van der Waals surface area contributed by atoms with Crippen LogP contribution in [0.2, 0.25) is 0 Å². The molecule has 2 amide bonds. The molecule has 164 valence electrons. The first-order chi connectivity index (χ1) is 15.3. The largest absolute Gasteiger partial charge is 0.452 e. The fourth-order valence-corrected chi connectivity index (χ4v) is 3.16. The molecule has 0 aromatic heterocycles. The number of hydrogen-bond acceptors (Lipinski definition) is 4. The Hall–Kier alpha value is -3.93. The summed E-state index contributed by atoms with van der Waals surface area (Å²) in [6.45, 7) is 5.50. The highest BCUT2D eigenvalue weighted by atomic mass is 16.5. The molecule has 6 nitrogen and oxygen atoms in total. The lowest BCUT2D eigenvalue weighted by atomic mass is 10.0. The van der Waals surface area contributed by atoms with Crippen LogP contribution in [0.3, 0.4) is 0 Å². The molecule has 0 aliphatic carbocycles. The molecule has 32 heavy (non-hydrogen) atoms. The number of carbonyl (C=O) groups excluding carboxylic acids is 3.